The van der Waals surface area contributed by atoms with Crippen molar-refractivity contribution < 1.29 is 14.2 Å². The van der Waals surface area contributed by atoms with Crippen molar-refractivity contribution in [3.63, 3.8) is 0 Å². The van der Waals surface area contributed by atoms with Gasteiger partial charge in [0.2, 0.25) is 0 Å². The Morgan fingerprint density at radius 2 is 1.62 bits per heavy atom. The van der Waals surface area contributed by atoms with Crippen molar-refractivity contribution in [2.45, 2.75) is 19.8 Å². The Morgan fingerprint density at radius 3 is 2.31 bits per heavy atom. The fourth-order valence-corrected chi connectivity index (χ4v) is 1.86. The lowest BCUT2D eigenvalue weighted by molar-refractivity contribution is -0.00877. The van der Waals surface area contributed by atoms with Crippen LogP contribution in [0.5, 0.6) is 0 Å². The molecule has 0 aromatic rings. The largest absolute Gasteiger partial charge is 0.382 e. The first kappa shape index (κ1) is 13.9. The third-order valence-electron chi connectivity index (χ3n) is 3.06. The van der Waals surface area contributed by atoms with E-state index in [4.69, 9.17) is 14.2 Å². The lowest BCUT2D eigenvalue weighted by Crippen LogP contribution is -2.37. The highest BCUT2D eigenvalue weighted by atomic mass is 16.5. The van der Waals surface area contributed by atoms with Gasteiger partial charge in [-0.05, 0) is 31.3 Å². The van der Waals surface area contributed by atoms with Crippen LogP contribution in [-0.4, -0.2) is 53.2 Å². The topological polar surface area (TPSA) is 39.7 Å². The van der Waals surface area contributed by atoms with Crippen LogP contribution < -0.4 is 5.32 Å². The summed E-state index contributed by atoms with van der Waals surface area (Å²) in [6.07, 6.45) is 2.41. The van der Waals surface area contributed by atoms with Crippen LogP contribution in [0.4, 0.5) is 0 Å². The molecule has 0 unspecified atom stereocenters. The van der Waals surface area contributed by atoms with Crippen LogP contribution in [0.3, 0.4) is 0 Å². The van der Waals surface area contributed by atoms with Gasteiger partial charge in [-0.25, -0.2) is 0 Å². The minimum atomic E-state index is 0.359. The van der Waals surface area contributed by atoms with Gasteiger partial charge >= 0.3 is 0 Å². The predicted octanol–water partition coefficient (Wildman–Crippen LogP) is 1.06. The molecule has 1 fully saturated rings. The molecule has 0 saturated carbocycles. The van der Waals surface area contributed by atoms with Crippen molar-refractivity contribution in [1.82, 2.24) is 5.32 Å². The Balaban J connectivity index is 1.93. The number of piperidine rings is 1. The minimum absolute atomic E-state index is 0.359. The Hall–Kier alpha value is -0.160. The molecule has 4 nitrogen and oxygen atoms in total. The van der Waals surface area contributed by atoms with Gasteiger partial charge in [0.15, 0.2) is 0 Å². The van der Waals surface area contributed by atoms with Crippen molar-refractivity contribution in [1.29, 1.82) is 0 Å². The minimum Gasteiger partial charge on any atom is -0.382 e. The van der Waals surface area contributed by atoms with Gasteiger partial charge in [-0.2, -0.15) is 0 Å². The van der Waals surface area contributed by atoms with Gasteiger partial charge in [0.05, 0.1) is 33.0 Å². The zero-order valence-electron chi connectivity index (χ0n) is 10.6. The summed E-state index contributed by atoms with van der Waals surface area (Å²) in [5, 5.41) is 3.37. The molecule has 0 spiro atoms. The van der Waals surface area contributed by atoms with E-state index >= 15 is 0 Å². The quantitative estimate of drug-likeness (QED) is 0.634. The smallest absolute Gasteiger partial charge is 0.0701 e. The first-order valence-corrected chi connectivity index (χ1v) is 6.12. The third kappa shape index (κ3) is 5.80. The van der Waals surface area contributed by atoms with Gasteiger partial charge in [0, 0.05) is 7.11 Å². The zero-order valence-corrected chi connectivity index (χ0v) is 10.6. The van der Waals surface area contributed by atoms with E-state index in [1.165, 1.54) is 12.8 Å². The summed E-state index contributed by atoms with van der Waals surface area (Å²) in [6.45, 7) is 8.05. The lowest BCUT2D eigenvalue weighted by atomic mass is 9.82. The van der Waals surface area contributed by atoms with Gasteiger partial charge in [-0.15, -0.1) is 0 Å². The SMILES string of the molecule is COCCOCCOCC1(C)CCNCC1. The molecule has 16 heavy (non-hydrogen) atoms. The van der Waals surface area contributed by atoms with E-state index in [1.807, 2.05) is 0 Å². The Labute approximate surface area is 98.6 Å². The summed E-state index contributed by atoms with van der Waals surface area (Å²) in [6, 6.07) is 0. The first-order chi connectivity index (χ1) is 7.77. The van der Waals surface area contributed by atoms with Crippen LogP contribution in [-0.2, 0) is 14.2 Å². The summed E-state index contributed by atoms with van der Waals surface area (Å²) >= 11 is 0. The van der Waals surface area contributed by atoms with E-state index in [9.17, 15) is 0 Å². The van der Waals surface area contributed by atoms with Crippen LogP contribution in [0.2, 0.25) is 0 Å². The summed E-state index contributed by atoms with van der Waals surface area (Å²) in [7, 11) is 1.68. The fraction of sp³-hybridized carbons (Fsp3) is 1.00. The van der Waals surface area contributed by atoms with Gasteiger partial charge < -0.3 is 19.5 Å². The maximum absolute atomic E-state index is 5.66. The van der Waals surface area contributed by atoms with Crippen LogP contribution in [0.25, 0.3) is 0 Å². The Kier molecular flexibility index (Phi) is 6.96. The average molecular weight is 231 g/mol. The van der Waals surface area contributed by atoms with Gasteiger partial charge in [-0.1, -0.05) is 6.92 Å². The van der Waals surface area contributed by atoms with Crippen molar-refractivity contribution >= 4 is 0 Å². The highest BCUT2D eigenvalue weighted by molar-refractivity contribution is 4.80. The number of hydrogen-bond donors (Lipinski definition) is 1. The molecule has 4 heteroatoms. The molecular formula is C12H25NO3. The zero-order chi connectivity index (χ0) is 11.7. The van der Waals surface area contributed by atoms with E-state index in [0.29, 0.717) is 31.8 Å². The van der Waals surface area contributed by atoms with Crippen molar-refractivity contribution in [3.05, 3.63) is 0 Å². The van der Waals surface area contributed by atoms with E-state index < -0.39 is 0 Å². The fourth-order valence-electron chi connectivity index (χ4n) is 1.86. The van der Waals surface area contributed by atoms with Crippen LogP contribution >= 0.6 is 0 Å². The van der Waals surface area contributed by atoms with Crippen molar-refractivity contribution in [3.8, 4) is 0 Å². The lowest BCUT2D eigenvalue weighted by Gasteiger charge is -2.33. The van der Waals surface area contributed by atoms with Crippen LogP contribution in [0, 0.1) is 5.41 Å². The standard InChI is InChI=1S/C12H25NO3/c1-12(3-5-13-6-4-12)11-16-10-9-15-8-7-14-2/h13H,3-11H2,1-2H3. The van der Waals surface area contributed by atoms with E-state index in [2.05, 4.69) is 12.2 Å². The summed E-state index contributed by atoms with van der Waals surface area (Å²) in [5.41, 5.74) is 0.359. The molecule has 1 rings (SSSR count). The molecule has 0 bridgehead atoms. The summed E-state index contributed by atoms with van der Waals surface area (Å²) in [5.74, 6) is 0. The molecule has 0 aromatic carbocycles. The van der Waals surface area contributed by atoms with E-state index in [0.717, 1.165) is 19.7 Å². The number of hydrogen-bond acceptors (Lipinski definition) is 4. The molecule has 1 heterocycles. The molecule has 1 saturated heterocycles. The molecule has 0 atom stereocenters. The van der Waals surface area contributed by atoms with E-state index in [-0.39, 0.29) is 0 Å². The van der Waals surface area contributed by atoms with Crippen LogP contribution in [0.1, 0.15) is 19.8 Å². The van der Waals surface area contributed by atoms with Gasteiger partial charge in [0.1, 0.15) is 0 Å². The Morgan fingerprint density at radius 1 is 1.00 bits per heavy atom. The molecular weight excluding hydrogens is 206 g/mol. The second-order valence-corrected chi connectivity index (χ2v) is 4.72. The molecule has 1 aliphatic heterocycles. The molecule has 0 aromatic heterocycles. The van der Waals surface area contributed by atoms with Crippen LogP contribution in [0.15, 0.2) is 0 Å². The normalized spacial score (nSPS) is 19.9. The first-order valence-electron chi connectivity index (χ1n) is 6.12. The van der Waals surface area contributed by atoms with Crippen molar-refractivity contribution in [2.24, 2.45) is 5.41 Å². The molecule has 0 amide bonds. The molecule has 0 radical (unpaired) electrons. The molecule has 1 N–H and O–H groups in total. The van der Waals surface area contributed by atoms with E-state index in [1.54, 1.807) is 7.11 Å². The Bertz CT molecular complexity index is 170. The number of nitrogens with one attached hydrogen (secondary N) is 1. The molecule has 96 valence electrons. The van der Waals surface area contributed by atoms with Crippen molar-refractivity contribution in [2.75, 3.05) is 53.2 Å². The molecule has 0 aliphatic carbocycles. The number of rotatable bonds is 8. The monoisotopic (exact) mass is 231 g/mol. The summed E-state index contributed by atoms with van der Waals surface area (Å²) in [4.78, 5) is 0. The number of ether oxygens (including phenoxy) is 3. The number of methoxy groups -OCH3 is 1. The maximum atomic E-state index is 5.66. The second kappa shape index (κ2) is 8.01. The van der Waals surface area contributed by atoms with Gasteiger partial charge in [0.25, 0.3) is 0 Å². The maximum Gasteiger partial charge on any atom is 0.0701 e. The molecule has 1 aliphatic rings. The average Bonchev–Trinajstić information content (AvgIpc) is 2.29. The van der Waals surface area contributed by atoms with Gasteiger partial charge in [-0.3, -0.25) is 0 Å². The predicted molar refractivity (Wildman–Crippen MR) is 63.7 cm³/mol. The third-order valence-corrected chi connectivity index (χ3v) is 3.06. The highest BCUT2D eigenvalue weighted by Crippen LogP contribution is 2.27. The highest BCUT2D eigenvalue weighted by Gasteiger charge is 2.26. The summed E-state index contributed by atoms with van der Waals surface area (Å²) < 4.78 is 15.9. The second-order valence-electron chi connectivity index (χ2n) is 4.72.